The van der Waals surface area contributed by atoms with Gasteiger partial charge in [0, 0.05) is 46.5 Å². The maximum atomic E-state index is 7.14. The van der Waals surface area contributed by atoms with Crippen molar-refractivity contribution < 1.29 is 9.47 Å². The van der Waals surface area contributed by atoms with E-state index in [0.29, 0.717) is 41.6 Å². The molecule has 1 N–H and O–H groups in total. The van der Waals surface area contributed by atoms with Crippen LogP contribution in [0.4, 0.5) is 5.69 Å². The third-order valence-corrected chi connectivity index (χ3v) is 6.62. The second-order valence-corrected chi connectivity index (χ2v) is 8.37. The molecule has 5 rings (SSSR count). The first-order valence-electron chi connectivity index (χ1n) is 9.09. The number of halogens is 1. The fraction of sp³-hybridized carbons (Fsp3) is 0.350. The van der Waals surface area contributed by atoms with Crippen LogP contribution < -0.4 is 10.1 Å². The summed E-state index contributed by atoms with van der Waals surface area (Å²) in [6, 6.07) is 5.32. The number of nitrogens with zero attached hydrogens (tertiary/aromatic N) is 3. The minimum Gasteiger partial charge on any atom is -0.472 e. The second-order valence-electron chi connectivity index (χ2n) is 7.08. The van der Waals surface area contributed by atoms with E-state index in [-0.39, 0.29) is 6.10 Å². The van der Waals surface area contributed by atoms with Crippen molar-refractivity contribution >= 4 is 38.8 Å². The van der Waals surface area contributed by atoms with Crippen LogP contribution in [0.15, 0.2) is 29.9 Å². The maximum absolute atomic E-state index is 7.14. The van der Waals surface area contributed by atoms with Crippen LogP contribution in [0.25, 0.3) is 26.2 Å². The topological polar surface area (TPSA) is 60.6 Å². The molecule has 0 spiro atoms. The van der Waals surface area contributed by atoms with Crippen molar-refractivity contribution in [1.82, 2.24) is 15.3 Å². The van der Waals surface area contributed by atoms with Crippen LogP contribution in [-0.2, 0) is 4.74 Å². The van der Waals surface area contributed by atoms with E-state index < -0.39 is 0 Å². The summed E-state index contributed by atoms with van der Waals surface area (Å²) in [6.45, 7) is 10.4. The first-order chi connectivity index (χ1) is 13.7. The molecule has 2 saturated heterocycles. The van der Waals surface area contributed by atoms with Crippen LogP contribution in [0.5, 0.6) is 5.88 Å². The predicted molar refractivity (Wildman–Crippen MR) is 109 cm³/mol. The van der Waals surface area contributed by atoms with Gasteiger partial charge in [-0.1, -0.05) is 23.7 Å². The lowest BCUT2D eigenvalue weighted by Crippen LogP contribution is -2.56. The van der Waals surface area contributed by atoms with Crippen molar-refractivity contribution in [2.45, 2.75) is 6.10 Å². The van der Waals surface area contributed by atoms with E-state index in [1.165, 1.54) is 0 Å². The average Bonchev–Trinajstić information content (AvgIpc) is 3.12. The molecule has 2 atom stereocenters. The Bertz CT molecular complexity index is 1060. The Morgan fingerprint density at radius 2 is 2.04 bits per heavy atom. The van der Waals surface area contributed by atoms with E-state index in [1.54, 1.807) is 29.8 Å². The van der Waals surface area contributed by atoms with E-state index in [9.17, 15) is 0 Å². The number of piperidine rings is 1. The molecule has 8 heteroatoms. The lowest BCUT2D eigenvalue weighted by molar-refractivity contribution is -0.0828. The van der Waals surface area contributed by atoms with Gasteiger partial charge in [0.25, 0.3) is 0 Å². The van der Waals surface area contributed by atoms with Gasteiger partial charge >= 0.3 is 0 Å². The monoisotopic (exact) mass is 412 g/mol. The van der Waals surface area contributed by atoms with Gasteiger partial charge in [0.05, 0.1) is 25.3 Å². The fourth-order valence-corrected chi connectivity index (χ4v) is 5.19. The first-order valence-corrected chi connectivity index (χ1v) is 10.3. The number of ether oxygens (including phenoxy) is 2. The molecule has 0 radical (unpaired) electrons. The Morgan fingerprint density at radius 3 is 2.79 bits per heavy atom. The quantitative estimate of drug-likeness (QED) is 0.654. The van der Waals surface area contributed by atoms with Crippen molar-refractivity contribution in [1.29, 1.82) is 0 Å². The van der Waals surface area contributed by atoms with Gasteiger partial charge in [-0.3, -0.25) is 0 Å². The molecular formula is C20H17ClN4O2S. The van der Waals surface area contributed by atoms with Crippen molar-refractivity contribution in [2.75, 3.05) is 26.3 Å². The highest BCUT2D eigenvalue weighted by Crippen LogP contribution is 2.41. The number of fused-ring (bicyclic) bond motifs is 3. The predicted octanol–water partition coefficient (Wildman–Crippen LogP) is 4.18. The molecule has 0 aliphatic carbocycles. The Hall–Kier alpha value is -2.24. The van der Waals surface area contributed by atoms with Crippen molar-refractivity contribution in [3.8, 4) is 17.0 Å². The van der Waals surface area contributed by atoms with Gasteiger partial charge < -0.3 is 14.8 Å². The summed E-state index contributed by atoms with van der Waals surface area (Å²) >= 11 is 7.98. The summed E-state index contributed by atoms with van der Waals surface area (Å²) in [6.07, 6.45) is 1.64. The Balaban J connectivity index is 1.52. The van der Waals surface area contributed by atoms with Gasteiger partial charge in [-0.25, -0.2) is 14.8 Å². The van der Waals surface area contributed by atoms with Crippen LogP contribution in [0.3, 0.4) is 0 Å². The molecule has 0 saturated carbocycles. The maximum Gasteiger partial charge on any atom is 0.235 e. The molecular weight excluding hydrogens is 396 g/mol. The van der Waals surface area contributed by atoms with Gasteiger partial charge in [0.2, 0.25) is 5.88 Å². The summed E-state index contributed by atoms with van der Waals surface area (Å²) in [5.41, 5.74) is 3.13. The summed E-state index contributed by atoms with van der Waals surface area (Å²) in [5, 5.41) is 6.02. The molecule has 28 heavy (non-hydrogen) atoms. The Morgan fingerprint density at radius 1 is 1.21 bits per heavy atom. The summed E-state index contributed by atoms with van der Waals surface area (Å²) in [5.74, 6) is 1.28. The molecule has 2 bridgehead atoms. The standard InChI is InChI=1S/C20H17ClN4O2S/c1-22-13-2-3-14(16(21)4-13)15-9-28-19-17(15)24-10-25-20(19)27-18-11-5-23-6-12(18)8-26-7-11/h2-4,9-12,18,23H,5-8H2. The molecule has 6 nitrogen and oxygen atoms in total. The minimum atomic E-state index is 0.0974. The molecule has 2 unspecified atom stereocenters. The van der Waals surface area contributed by atoms with E-state index in [2.05, 4.69) is 20.1 Å². The molecule has 2 aliphatic heterocycles. The zero-order valence-electron chi connectivity index (χ0n) is 14.9. The smallest absolute Gasteiger partial charge is 0.235 e. The van der Waals surface area contributed by atoms with Crippen LogP contribution in [0, 0.1) is 18.4 Å². The third kappa shape index (κ3) is 3.03. The zero-order chi connectivity index (χ0) is 19.1. The largest absolute Gasteiger partial charge is 0.472 e. The number of hydrogen-bond donors (Lipinski definition) is 1. The molecule has 3 aromatic rings. The number of rotatable bonds is 3. The van der Waals surface area contributed by atoms with Gasteiger partial charge in [0.15, 0.2) is 5.69 Å². The van der Waals surface area contributed by atoms with Crippen LogP contribution in [-0.4, -0.2) is 42.4 Å². The lowest BCUT2D eigenvalue weighted by Gasteiger charge is -2.41. The van der Waals surface area contributed by atoms with E-state index in [4.69, 9.17) is 27.6 Å². The highest BCUT2D eigenvalue weighted by atomic mass is 35.5. The number of hydrogen-bond acceptors (Lipinski definition) is 6. The highest BCUT2D eigenvalue weighted by molar-refractivity contribution is 7.18. The van der Waals surface area contributed by atoms with Gasteiger partial charge in [-0.2, -0.15) is 0 Å². The van der Waals surface area contributed by atoms with Gasteiger partial charge in [-0.05, 0) is 6.07 Å². The van der Waals surface area contributed by atoms with Gasteiger partial charge in [0.1, 0.15) is 17.1 Å². The molecule has 4 heterocycles. The van der Waals surface area contributed by atoms with Crippen molar-refractivity contribution in [2.24, 2.45) is 11.8 Å². The van der Waals surface area contributed by atoms with Crippen LogP contribution in [0.2, 0.25) is 5.02 Å². The first kappa shape index (κ1) is 17.8. The number of benzene rings is 1. The van der Waals surface area contributed by atoms with Crippen molar-refractivity contribution in [3.05, 3.63) is 46.3 Å². The summed E-state index contributed by atoms with van der Waals surface area (Å²) in [4.78, 5) is 12.3. The Labute approximate surface area is 171 Å². The highest BCUT2D eigenvalue weighted by Gasteiger charge is 2.39. The third-order valence-electron chi connectivity index (χ3n) is 5.35. The lowest BCUT2D eigenvalue weighted by atomic mass is 9.86. The summed E-state index contributed by atoms with van der Waals surface area (Å²) < 4.78 is 13.0. The van der Waals surface area contributed by atoms with E-state index in [1.807, 2.05) is 11.4 Å². The van der Waals surface area contributed by atoms with E-state index in [0.717, 1.165) is 34.4 Å². The molecule has 1 aromatic carbocycles. The number of aromatic nitrogens is 2. The second kappa shape index (κ2) is 7.30. The fourth-order valence-electron chi connectivity index (χ4n) is 3.97. The van der Waals surface area contributed by atoms with Crippen LogP contribution in [0.1, 0.15) is 0 Å². The Kier molecular flexibility index (Phi) is 4.65. The number of nitrogens with one attached hydrogen (secondary N) is 1. The van der Waals surface area contributed by atoms with Crippen molar-refractivity contribution in [3.63, 3.8) is 0 Å². The molecule has 0 amide bonds. The summed E-state index contributed by atoms with van der Waals surface area (Å²) in [7, 11) is 0. The van der Waals surface area contributed by atoms with Crippen LogP contribution >= 0.6 is 22.9 Å². The molecule has 2 aromatic heterocycles. The van der Waals surface area contributed by atoms with Gasteiger partial charge in [-0.15, -0.1) is 11.3 Å². The normalized spacial score (nSPS) is 24.1. The zero-order valence-corrected chi connectivity index (χ0v) is 16.5. The molecule has 2 aliphatic rings. The molecule has 142 valence electrons. The number of thiophene rings is 1. The SMILES string of the molecule is [C-]#[N+]c1ccc(-c2csc3c(OC4C5CNCC4COC5)ncnc23)c(Cl)c1. The van der Waals surface area contributed by atoms with E-state index >= 15 is 0 Å². The average molecular weight is 413 g/mol. The minimum absolute atomic E-state index is 0.0974. The molecule has 2 fully saturated rings.